The Balaban J connectivity index is 1.98. The van der Waals surface area contributed by atoms with Crippen molar-refractivity contribution in [3.05, 3.63) is 11.3 Å². The number of nitrogens with one attached hydrogen (secondary N) is 2. The van der Waals surface area contributed by atoms with Crippen molar-refractivity contribution in [2.75, 3.05) is 45.2 Å². The topological polar surface area (TPSA) is 66.5 Å². The van der Waals surface area contributed by atoms with Gasteiger partial charge in [-0.2, -0.15) is 4.37 Å². The van der Waals surface area contributed by atoms with Gasteiger partial charge in [-0.1, -0.05) is 0 Å². The normalized spacial score (nSPS) is 16.8. The first-order valence-electron chi connectivity index (χ1n) is 7.20. The number of aromatic nitrogens is 1. The summed E-state index contributed by atoms with van der Waals surface area (Å²) in [6, 6.07) is 0. The first kappa shape index (κ1) is 16.2. The predicted molar refractivity (Wildman–Crippen MR) is 85.2 cm³/mol. The van der Waals surface area contributed by atoms with E-state index in [9.17, 15) is 4.79 Å². The van der Waals surface area contributed by atoms with Crippen LogP contribution in [0.2, 0.25) is 0 Å². The molecule has 2 rings (SSSR count). The van der Waals surface area contributed by atoms with Gasteiger partial charge in [-0.15, -0.1) is 0 Å². The Morgan fingerprint density at radius 2 is 2.10 bits per heavy atom. The molecule has 118 valence electrons. The molecule has 1 fully saturated rings. The van der Waals surface area contributed by atoms with Crippen LogP contribution in [-0.4, -0.2) is 60.6 Å². The van der Waals surface area contributed by atoms with Crippen molar-refractivity contribution < 1.29 is 9.53 Å². The summed E-state index contributed by atoms with van der Waals surface area (Å²) in [6.45, 7) is 10.1. The van der Waals surface area contributed by atoms with Crippen LogP contribution in [-0.2, 0) is 4.74 Å². The number of nitrogens with zero attached hydrogens (tertiary/aromatic N) is 2. The van der Waals surface area contributed by atoms with Crippen molar-refractivity contribution in [2.24, 2.45) is 0 Å². The summed E-state index contributed by atoms with van der Waals surface area (Å²) in [5.74, 6) is -0.0630. The van der Waals surface area contributed by atoms with Crippen molar-refractivity contribution in [3.8, 4) is 0 Å². The highest BCUT2D eigenvalue weighted by Gasteiger charge is 2.29. The van der Waals surface area contributed by atoms with Crippen LogP contribution in [0.5, 0.6) is 0 Å². The minimum absolute atomic E-state index is 0.0630. The summed E-state index contributed by atoms with van der Waals surface area (Å²) < 4.78 is 9.62. The lowest BCUT2D eigenvalue weighted by atomic mass is 10.0. The van der Waals surface area contributed by atoms with E-state index in [1.807, 2.05) is 6.92 Å². The van der Waals surface area contributed by atoms with Gasteiger partial charge in [-0.05, 0) is 32.3 Å². The summed E-state index contributed by atoms with van der Waals surface area (Å²) in [7, 11) is 1.81. The summed E-state index contributed by atoms with van der Waals surface area (Å²) in [6.07, 6.45) is 0. The molecule has 0 spiro atoms. The summed E-state index contributed by atoms with van der Waals surface area (Å²) in [4.78, 5) is 14.8. The number of amides is 1. The second-order valence-corrected chi connectivity index (χ2v) is 6.59. The highest BCUT2D eigenvalue weighted by molar-refractivity contribution is 7.10. The van der Waals surface area contributed by atoms with Crippen LogP contribution in [0, 0.1) is 6.92 Å². The van der Waals surface area contributed by atoms with E-state index in [0.717, 1.165) is 37.0 Å². The van der Waals surface area contributed by atoms with E-state index in [4.69, 9.17) is 4.74 Å². The lowest BCUT2D eigenvalue weighted by Gasteiger charge is -2.40. The molecule has 0 atom stereocenters. The summed E-state index contributed by atoms with van der Waals surface area (Å²) in [5.41, 5.74) is 1.34. The van der Waals surface area contributed by atoms with Crippen LogP contribution in [0.1, 0.15) is 29.9 Å². The molecule has 1 aromatic rings. The van der Waals surface area contributed by atoms with Crippen molar-refractivity contribution in [3.63, 3.8) is 0 Å². The third kappa shape index (κ3) is 3.72. The van der Waals surface area contributed by atoms with Crippen LogP contribution >= 0.6 is 11.5 Å². The van der Waals surface area contributed by atoms with Gasteiger partial charge in [0, 0.05) is 32.2 Å². The van der Waals surface area contributed by atoms with Crippen molar-refractivity contribution in [1.29, 1.82) is 0 Å². The number of rotatable bonds is 5. The minimum atomic E-state index is -0.0867. The number of anilines is 1. The van der Waals surface area contributed by atoms with E-state index in [2.05, 4.69) is 33.8 Å². The molecule has 1 amide bonds. The predicted octanol–water partition coefficient (Wildman–Crippen LogP) is 1.33. The molecule has 0 aliphatic carbocycles. The molecule has 1 aliphatic heterocycles. The number of carbonyl (C=O) groups excluding carboxylic acids is 1. The number of carbonyl (C=O) groups is 1. The van der Waals surface area contributed by atoms with E-state index in [1.54, 1.807) is 7.05 Å². The maximum Gasteiger partial charge on any atom is 0.256 e. The Morgan fingerprint density at radius 1 is 1.43 bits per heavy atom. The van der Waals surface area contributed by atoms with Gasteiger partial charge in [0.2, 0.25) is 0 Å². The molecular weight excluding hydrogens is 288 g/mol. The van der Waals surface area contributed by atoms with Gasteiger partial charge in [-0.25, -0.2) is 0 Å². The Hall–Kier alpha value is -1.18. The molecule has 0 aromatic carbocycles. The second kappa shape index (κ2) is 6.72. The number of morpholine rings is 1. The van der Waals surface area contributed by atoms with Crippen LogP contribution < -0.4 is 10.6 Å². The molecule has 0 bridgehead atoms. The highest BCUT2D eigenvalue weighted by atomic mass is 32.1. The van der Waals surface area contributed by atoms with Gasteiger partial charge in [0.15, 0.2) is 0 Å². The van der Waals surface area contributed by atoms with Gasteiger partial charge in [0.1, 0.15) is 5.00 Å². The van der Waals surface area contributed by atoms with E-state index < -0.39 is 0 Å². The minimum Gasteiger partial charge on any atom is -0.379 e. The maximum atomic E-state index is 12.4. The smallest absolute Gasteiger partial charge is 0.256 e. The fourth-order valence-corrected chi connectivity index (χ4v) is 3.22. The van der Waals surface area contributed by atoms with E-state index >= 15 is 0 Å². The second-order valence-electron chi connectivity index (χ2n) is 5.82. The summed E-state index contributed by atoms with van der Waals surface area (Å²) in [5, 5.41) is 6.88. The van der Waals surface area contributed by atoms with Crippen molar-refractivity contribution in [1.82, 2.24) is 14.6 Å². The molecule has 1 saturated heterocycles. The summed E-state index contributed by atoms with van der Waals surface area (Å²) >= 11 is 1.32. The molecule has 7 heteroatoms. The van der Waals surface area contributed by atoms with E-state index in [-0.39, 0.29) is 11.4 Å². The fraction of sp³-hybridized carbons (Fsp3) is 0.714. The Labute approximate surface area is 130 Å². The van der Waals surface area contributed by atoms with E-state index in [0.29, 0.717) is 12.1 Å². The van der Waals surface area contributed by atoms with E-state index in [1.165, 1.54) is 11.5 Å². The van der Waals surface area contributed by atoms with Crippen LogP contribution in [0.15, 0.2) is 0 Å². The molecule has 0 unspecified atom stereocenters. The molecule has 21 heavy (non-hydrogen) atoms. The lowest BCUT2D eigenvalue weighted by molar-refractivity contribution is -0.00923. The molecule has 0 radical (unpaired) electrons. The number of ether oxygens (including phenoxy) is 1. The first-order valence-corrected chi connectivity index (χ1v) is 7.98. The Bertz CT molecular complexity index is 495. The zero-order valence-corrected chi connectivity index (χ0v) is 14.0. The molecule has 2 N–H and O–H groups in total. The molecule has 0 saturated carbocycles. The van der Waals surface area contributed by atoms with Crippen LogP contribution in [0.4, 0.5) is 5.00 Å². The zero-order valence-electron chi connectivity index (χ0n) is 13.2. The SMILES string of the molecule is CNc1snc(C)c1C(=O)NCC(C)(C)N1CCOCC1. The van der Waals surface area contributed by atoms with Gasteiger partial charge in [0.25, 0.3) is 5.91 Å². The van der Waals surface area contributed by atoms with Gasteiger partial charge in [0.05, 0.1) is 24.5 Å². The quantitative estimate of drug-likeness (QED) is 0.859. The lowest BCUT2D eigenvalue weighted by Crippen LogP contribution is -2.55. The fourth-order valence-electron chi connectivity index (χ4n) is 2.47. The standard InChI is InChI=1S/C14H24N4O2S/c1-10-11(13(15-4)21-17-10)12(19)16-9-14(2,3)18-5-7-20-8-6-18/h15H,5-9H2,1-4H3,(H,16,19). The largest absolute Gasteiger partial charge is 0.379 e. The average Bonchev–Trinajstić information content (AvgIpc) is 2.87. The van der Waals surface area contributed by atoms with Crippen LogP contribution in [0.3, 0.4) is 0 Å². The molecule has 6 nitrogen and oxygen atoms in total. The van der Waals surface area contributed by atoms with Gasteiger partial charge in [-0.3, -0.25) is 9.69 Å². The first-order chi connectivity index (χ1) is 9.95. The number of hydrogen-bond donors (Lipinski definition) is 2. The monoisotopic (exact) mass is 312 g/mol. The number of aryl methyl sites for hydroxylation is 1. The third-order valence-electron chi connectivity index (χ3n) is 3.87. The molecular formula is C14H24N4O2S. The maximum absolute atomic E-state index is 12.4. The Kier molecular flexibility index (Phi) is 5.18. The van der Waals surface area contributed by atoms with Gasteiger partial charge < -0.3 is 15.4 Å². The van der Waals surface area contributed by atoms with Crippen molar-refractivity contribution in [2.45, 2.75) is 26.3 Å². The zero-order chi connectivity index (χ0) is 15.5. The number of hydrogen-bond acceptors (Lipinski definition) is 6. The third-order valence-corrected chi connectivity index (χ3v) is 4.82. The highest BCUT2D eigenvalue weighted by Crippen LogP contribution is 2.24. The van der Waals surface area contributed by atoms with Crippen molar-refractivity contribution >= 4 is 22.4 Å². The molecule has 1 aromatic heterocycles. The Morgan fingerprint density at radius 3 is 2.71 bits per heavy atom. The molecule has 1 aliphatic rings. The van der Waals surface area contributed by atoms with Crippen LogP contribution in [0.25, 0.3) is 0 Å². The molecule has 2 heterocycles. The van der Waals surface area contributed by atoms with Gasteiger partial charge >= 0.3 is 0 Å². The average molecular weight is 312 g/mol.